The highest BCUT2D eigenvalue weighted by Crippen LogP contribution is 2.30. The van der Waals surface area contributed by atoms with Gasteiger partial charge in [-0.05, 0) is 69.2 Å². The van der Waals surface area contributed by atoms with Crippen LogP contribution >= 0.6 is 0 Å². The van der Waals surface area contributed by atoms with Gasteiger partial charge in [-0.2, -0.15) is 0 Å². The van der Waals surface area contributed by atoms with E-state index < -0.39 is 0 Å². The van der Waals surface area contributed by atoms with Crippen molar-refractivity contribution in [2.24, 2.45) is 5.73 Å². The number of nitrogens with two attached hydrogens (primary N) is 1. The predicted molar refractivity (Wildman–Crippen MR) is 118 cm³/mol. The fraction of sp³-hybridized carbons (Fsp3) is 0.375. The summed E-state index contributed by atoms with van der Waals surface area (Å²) in [4.78, 5) is 15.3. The summed E-state index contributed by atoms with van der Waals surface area (Å²) < 4.78 is 11.8. The summed E-state index contributed by atoms with van der Waals surface area (Å²) in [5.74, 6) is 1.26. The summed E-state index contributed by atoms with van der Waals surface area (Å²) in [5, 5.41) is 3.97. The summed E-state index contributed by atoms with van der Waals surface area (Å²) in [6.07, 6.45) is 1.93. The van der Waals surface area contributed by atoms with Gasteiger partial charge in [0.1, 0.15) is 23.7 Å². The number of carbonyl (C=O) groups is 1. The first kappa shape index (κ1) is 20.4. The van der Waals surface area contributed by atoms with Crippen LogP contribution in [0.25, 0.3) is 11.0 Å². The molecule has 0 unspecified atom stereocenters. The zero-order valence-electron chi connectivity index (χ0n) is 17.6. The number of nitrogens with one attached hydrogen (secondary N) is 1. The molecule has 3 N–H and O–H groups in total. The van der Waals surface area contributed by atoms with E-state index in [1.807, 2.05) is 49.4 Å². The molecule has 158 valence electrons. The van der Waals surface area contributed by atoms with E-state index in [1.165, 1.54) is 0 Å². The van der Waals surface area contributed by atoms with Crippen LogP contribution in [-0.4, -0.2) is 37.0 Å². The van der Waals surface area contributed by atoms with Crippen LogP contribution in [0.4, 0.5) is 0 Å². The van der Waals surface area contributed by atoms with Crippen molar-refractivity contribution in [1.29, 1.82) is 0 Å². The molecule has 1 aromatic heterocycles. The molecule has 0 aliphatic carbocycles. The van der Waals surface area contributed by atoms with Crippen LogP contribution in [0.1, 0.15) is 40.1 Å². The molecule has 0 spiro atoms. The van der Waals surface area contributed by atoms with E-state index in [2.05, 4.69) is 17.3 Å². The van der Waals surface area contributed by atoms with Gasteiger partial charge in [-0.1, -0.05) is 24.3 Å². The summed E-state index contributed by atoms with van der Waals surface area (Å²) in [5.41, 5.74) is 9.10. The number of nitrogens with zero attached hydrogens (tertiary/aromatic N) is 1. The average molecular weight is 408 g/mol. The van der Waals surface area contributed by atoms with E-state index >= 15 is 0 Å². The first-order chi connectivity index (χ1) is 14.5. The highest BCUT2D eigenvalue weighted by atomic mass is 16.5. The number of hydrogen-bond donors (Lipinski definition) is 2. The topological polar surface area (TPSA) is 80.7 Å². The van der Waals surface area contributed by atoms with E-state index in [1.54, 1.807) is 0 Å². The van der Waals surface area contributed by atoms with Gasteiger partial charge in [-0.25, -0.2) is 0 Å². The summed E-state index contributed by atoms with van der Waals surface area (Å²) in [6, 6.07) is 13.9. The Morgan fingerprint density at radius 3 is 2.57 bits per heavy atom. The normalized spacial score (nSPS) is 15.4. The van der Waals surface area contributed by atoms with Gasteiger partial charge >= 0.3 is 0 Å². The van der Waals surface area contributed by atoms with Gasteiger partial charge in [0, 0.05) is 18.0 Å². The molecule has 4 rings (SSSR count). The van der Waals surface area contributed by atoms with Crippen molar-refractivity contribution in [3.63, 3.8) is 0 Å². The number of benzene rings is 2. The van der Waals surface area contributed by atoms with Crippen LogP contribution in [0, 0.1) is 6.92 Å². The third kappa shape index (κ3) is 4.50. The van der Waals surface area contributed by atoms with Gasteiger partial charge in [-0.3, -0.25) is 4.79 Å². The number of hydrogen-bond acceptors (Lipinski definition) is 5. The lowest BCUT2D eigenvalue weighted by Gasteiger charge is -2.29. The van der Waals surface area contributed by atoms with E-state index in [4.69, 9.17) is 14.9 Å². The molecule has 1 amide bonds. The molecule has 0 radical (unpaired) electrons. The molecule has 30 heavy (non-hydrogen) atoms. The number of furan rings is 1. The number of aryl methyl sites for hydroxylation is 1. The van der Waals surface area contributed by atoms with Crippen LogP contribution in [0.5, 0.6) is 5.75 Å². The maximum atomic E-state index is 13.0. The molecule has 1 fully saturated rings. The van der Waals surface area contributed by atoms with Gasteiger partial charge < -0.3 is 25.1 Å². The molecule has 1 aliphatic rings. The molecule has 3 aromatic rings. The molecule has 2 heterocycles. The molecule has 1 saturated heterocycles. The molecule has 0 saturated carbocycles. The van der Waals surface area contributed by atoms with Crippen molar-refractivity contribution in [3.05, 3.63) is 64.9 Å². The lowest BCUT2D eigenvalue weighted by Crippen LogP contribution is -2.43. The van der Waals surface area contributed by atoms with Crippen molar-refractivity contribution in [3.8, 4) is 5.75 Å². The fourth-order valence-corrected chi connectivity index (χ4v) is 3.92. The number of rotatable bonds is 6. The molecule has 0 atom stereocenters. The minimum atomic E-state index is -0.0738. The third-order valence-corrected chi connectivity index (χ3v) is 5.78. The Morgan fingerprint density at radius 2 is 1.87 bits per heavy atom. The largest absolute Gasteiger partial charge is 0.489 e. The highest BCUT2D eigenvalue weighted by Gasteiger charge is 2.23. The zero-order valence-corrected chi connectivity index (χ0v) is 17.6. The second kappa shape index (κ2) is 8.90. The van der Waals surface area contributed by atoms with Gasteiger partial charge in [0.25, 0.3) is 5.91 Å². The molecule has 6 heteroatoms. The van der Waals surface area contributed by atoms with E-state index in [0.717, 1.165) is 42.4 Å². The molecular formula is C24H29N3O3. The van der Waals surface area contributed by atoms with Crippen LogP contribution in [-0.2, 0) is 13.2 Å². The van der Waals surface area contributed by atoms with E-state index in [0.29, 0.717) is 35.8 Å². The first-order valence-corrected chi connectivity index (χ1v) is 10.5. The SMILES string of the molecule is Cc1oc2ccc(OCc3ccc(CN)cc3)cc2c1C(=O)NC1CCN(C)CC1. The molecule has 6 nitrogen and oxygen atoms in total. The van der Waals surface area contributed by atoms with Crippen molar-refractivity contribution in [2.45, 2.75) is 39.0 Å². The van der Waals surface area contributed by atoms with Crippen molar-refractivity contribution < 1.29 is 13.9 Å². The lowest BCUT2D eigenvalue weighted by molar-refractivity contribution is 0.0917. The van der Waals surface area contributed by atoms with Crippen molar-refractivity contribution >= 4 is 16.9 Å². The second-order valence-electron chi connectivity index (χ2n) is 8.05. The van der Waals surface area contributed by atoms with Gasteiger partial charge in [0.05, 0.1) is 5.56 Å². The average Bonchev–Trinajstić information content (AvgIpc) is 3.09. The van der Waals surface area contributed by atoms with Gasteiger partial charge in [0.2, 0.25) is 0 Å². The fourth-order valence-electron chi connectivity index (χ4n) is 3.92. The third-order valence-electron chi connectivity index (χ3n) is 5.78. The van der Waals surface area contributed by atoms with Crippen LogP contribution < -0.4 is 15.8 Å². The number of carbonyl (C=O) groups excluding carboxylic acids is 1. The van der Waals surface area contributed by atoms with Crippen molar-refractivity contribution in [1.82, 2.24) is 10.2 Å². The van der Waals surface area contributed by atoms with Crippen LogP contribution in [0.2, 0.25) is 0 Å². The summed E-state index contributed by atoms with van der Waals surface area (Å²) in [7, 11) is 2.11. The second-order valence-corrected chi connectivity index (χ2v) is 8.05. The number of fused-ring (bicyclic) bond motifs is 1. The summed E-state index contributed by atoms with van der Waals surface area (Å²) >= 11 is 0. The predicted octanol–water partition coefficient (Wildman–Crippen LogP) is 3.60. The van der Waals surface area contributed by atoms with Gasteiger partial charge in [0.15, 0.2) is 0 Å². The Labute approximate surface area is 177 Å². The Bertz CT molecular complexity index is 1020. The highest BCUT2D eigenvalue weighted by molar-refractivity contribution is 6.07. The quantitative estimate of drug-likeness (QED) is 0.653. The molecule has 1 aliphatic heterocycles. The summed E-state index contributed by atoms with van der Waals surface area (Å²) in [6.45, 7) is 4.81. The number of ether oxygens (including phenoxy) is 1. The van der Waals surface area contributed by atoms with E-state index in [9.17, 15) is 4.79 Å². The Hall–Kier alpha value is -2.83. The maximum Gasteiger partial charge on any atom is 0.255 e. The maximum absolute atomic E-state index is 13.0. The number of piperidine rings is 1. The monoisotopic (exact) mass is 407 g/mol. The van der Waals surface area contributed by atoms with E-state index in [-0.39, 0.29) is 11.9 Å². The minimum absolute atomic E-state index is 0.0738. The zero-order chi connectivity index (χ0) is 21.1. The number of amides is 1. The molecule has 0 bridgehead atoms. The van der Waals surface area contributed by atoms with Crippen molar-refractivity contribution in [2.75, 3.05) is 20.1 Å². The lowest BCUT2D eigenvalue weighted by atomic mass is 10.0. The van der Waals surface area contributed by atoms with Gasteiger partial charge in [-0.15, -0.1) is 0 Å². The Balaban J connectivity index is 1.49. The minimum Gasteiger partial charge on any atom is -0.489 e. The smallest absolute Gasteiger partial charge is 0.255 e. The van der Waals surface area contributed by atoms with Crippen LogP contribution in [0.3, 0.4) is 0 Å². The first-order valence-electron chi connectivity index (χ1n) is 10.5. The van der Waals surface area contributed by atoms with Crippen LogP contribution in [0.15, 0.2) is 46.9 Å². The Morgan fingerprint density at radius 1 is 1.17 bits per heavy atom. The Kier molecular flexibility index (Phi) is 6.06. The molecular weight excluding hydrogens is 378 g/mol. The number of likely N-dealkylation sites (tertiary alicyclic amines) is 1. The molecule has 2 aromatic carbocycles. The standard InChI is InChI=1S/C24H29N3O3/c1-16-23(24(28)26-19-9-11-27(2)12-10-19)21-13-20(7-8-22(21)30-16)29-15-18-5-3-17(14-25)4-6-18/h3-8,13,19H,9-12,14-15,25H2,1-2H3,(H,26,28).